The van der Waals surface area contributed by atoms with E-state index in [1.807, 2.05) is 50.7 Å². The van der Waals surface area contributed by atoms with Crippen LogP contribution in [0.1, 0.15) is 39.2 Å². The summed E-state index contributed by atoms with van der Waals surface area (Å²) in [5, 5.41) is 0. The third kappa shape index (κ3) is 4.43. The number of rotatable bonds is 3. The summed E-state index contributed by atoms with van der Waals surface area (Å²) in [5.74, 6) is 0.599. The van der Waals surface area contributed by atoms with E-state index in [4.69, 9.17) is 4.74 Å². The van der Waals surface area contributed by atoms with Gasteiger partial charge in [-0.25, -0.2) is 14.8 Å². The molecule has 1 aromatic rings. The van der Waals surface area contributed by atoms with Gasteiger partial charge in [-0.05, 0) is 39.7 Å². The number of hydrogen-bond acceptors (Lipinski definition) is 5. The molecule has 8 heteroatoms. The molecule has 0 aromatic carbocycles. The predicted octanol–water partition coefficient (Wildman–Crippen LogP) is 2.59. The number of carbonyl (C=O) groups excluding carboxylic acids is 2. The highest BCUT2D eigenvalue weighted by Gasteiger charge is 2.38. The van der Waals surface area contributed by atoms with Crippen molar-refractivity contribution in [2.75, 3.05) is 32.1 Å². The average molecular weight is 387 g/mol. The number of nitrogens with zero attached hydrogens (tertiary/aromatic N) is 5. The molecule has 0 N–H and O–H groups in total. The van der Waals surface area contributed by atoms with Crippen LogP contribution in [0.2, 0.25) is 0 Å². The second kappa shape index (κ2) is 7.77. The number of piperidine rings is 1. The molecule has 2 amide bonds. The predicted molar refractivity (Wildman–Crippen MR) is 108 cm³/mol. The number of carbonyl (C=O) groups is 2. The Morgan fingerprint density at radius 1 is 1.39 bits per heavy atom. The third-order valence-corrected chi connectivity index (χ3v) is 4.69. The second-order valence-corrected chi connectivity index (χ2v) is 8.50. The first-order chi connectivity index (χ1) is 13.2. The summed E-state index contributed by atoms with van der Waals surface area (Å²) >= 11 is 0. The first-order valence-corrected chi connectivity index (χ1v) is 9.64. The molecule has 0 radical (unpaired) electrons. The fourth-order valence-corrected chi connectivity index (χ4v) is 3.58. The van der Waals surface area contributed by atoms with Crippen LogP contribution in [0, 0.1) is 0 Å². The molecule has 0 bridgehead atoms. The van der Waals surface area contributed by atoms with E-state index in [-0.39, 0.29) is 24.5 Å². The number of amides is 2. The summed E-state index contributed by atoms with van der Waals surface area (Å²) < 4.78 is 5.51. The lowest BCUT2D eigenvalue weighted by molar-refractivity contribution is -0.118. The van der Waals surface area contributed by atoms with Gasteiger partial charge in [0.25, 0.3) is 0 Å². The standard InChI is InChI=1S/C20H29N5O3/c1-20(2,3)28-19(27)24-10-6-7-14(12-24)25-16-8-9-21-18(22-13-23(4)5)15(16)11-17(25)26/h8-9,13-14H,6-7,10-12H2,1-5H3/t14-/m1/s1. The normalized spacial score (nSPS) is 19.9. The second-order valence-electron chi connectivity index (χ2n) is 8.50. The van der Waals surface area contributed by atoms with Gasteiger partial charge in [-0.15, -0.1) is 0 Å². The fourth-order valence-electron chi connectivity index (χ4n) is 3.58. The van der Waals surface area contributed by atoms with Gasteiger partial charge in [0.2, 0.25) is 5.91 Å². The molecule has 3 heterocycles. The molecule has 1 saturated heterocycles. The van der Waals surface area contributed by atoms with Crippen molar-refractivity contribution in [1.29, 1.82) is 0 Å². The highest BCUT2D eigenvalue weighted by atomic mass is 16.6. The summed E-state index contributed by atoms with van der Waals surface area (Å²) in [6, 6.07) is 1.80. The summed E-state index contributed by atoms with van der Waals surface area (Å²) in [6.45, 7) is 6.69. The van der Waals surface area contributed by atoms with E-state index in [1.54, 1.807) is 17.4 Å². The Morgan fingerprint density at radius 3 is 2.82 bits per heavy atom. The Balaban J connectivity index is 1.81. The molecule has 0 unspecified atom stereocenters. The van der Waals surface area contributed by atoms with Crippen LogP contribution in [0.25, 0.3) is 0 Å². The van der Waals surface area contributed by atoms with E-state index < -0.39 is 5.60 Å². The molecule has 152 valence electrons. The van der Waals surface area contributed by atoms with Crippen molar-refractivity contribution in [1.82, 2.24) is 14.8 Å². The van der Waals surface area contributed by atoms with E-state index in [0.29, 0.717) is 18.9 Å². The van der Waals surface area contributed by atoms with E-state index in [1.165, 1.54) is 0 Å². The first kappa shape index (κ1) is 20.1. The number of aromatic nitrogens is 1. The van der Waals surface area contributed by atoms with Gasteiger partial charge in [0.15, 0.2) is 5.82 Å². The minimum atomic E-state index is -0.537. The van der Waals surface area contributed by atoms with Gasteiger partial charge >= 0.3 is 6.09 Å². The maximum atomic E-state index is 12.8. The van der Waals surface area contributed by atoms with Gasteiger partial charge in [-0.2, -0.15) is 0 Å². The topological polar surface area (TPSA) is 78.3 Å². The van der Waals surface area contributed by atoms with Crippen LogP contribution < -0.4 is 4.90 Å². The van der Waals surface area contributed by atoms with Crippen LogP contribution in [0.5, 0.6) is 0 Å². The molecular formula is C20H29N5O3. The van der Waals surface area contributed by atoms with Gasteiger partial charge in [0.1, 0.15) is 5.60 Å². The van der Waals surface area contributed by atoms with Gasteiger partial charge in [0.05, 0.1) is 24.5 Å². The van der Waals surface area contributed by atoms with Crippen molar-refractivity contribution in [2.24, 2.45) is 4.99 Å². The molecular weight excluding hydrogens is 358 g/mol. The van der Waals surface area contributed by atoms with Crippen LogP contribution >= 0.6 is 0 Å². The van der Waals surface area contributed by atoms with E-state index in [2.05, 4.69) is 9.98 Å². The van der Waals surface area contributed by atoms with E-state index in [0.717, 1.165) is 24.1 Å². The van der Waals surface area contributed by atoms with E-state index >= 15 is 0 Å². The molecule has 0 spiro atoms. The van der Waals surface area contributed by atoms with Crippen LogP contribution in [-0.2, 0) is 16.0 Å². The largest absolute Gasteiger partial charge is 0.444 e. The molecule has 1 atom stereocenters. The third-order valence-electron chi connectivity index (χ3n) is 4.69. The Labute approximate surface area is 166 Å². The zero-order valence-corrected chi connectivity index (χ0v) is 17.3. The van der Waals surface area contributed by atoms with Crippen LogP contribution in [0.3, 0.4) is 0 Å². The number of anilines is 1. The van der Waals surface area contributed by atoms with E-state index in [9.17, 15) is 9.59 Å². The molecule has 1 aromatic heterocycles. The van der Waals surface area contributed by atoms with Crippen molar-refractivity contribution in [3.8, 4) is 0 Å². The summed E-state index contributed by atoms with van der Waals surface area (Å²) in [4.78, 5) is 39.4. The number of aliphatic imine (C=N–C) groups is 1. The molecule has 8 nitrogen and oxygen atoms in total. The van der Waals surface area contributed by atoms with Crippen molar-refractivity contribution in [3.63, 3.8) is 0 Å². The SMILES string of the molecule is CN(C)C=Nc1nccc2c1CC(=O)N2[C@@H]1CCCN(C(=O)OC(C)(C)C)C1. The Bertz CT molecular complexity index is 785. The summed E-state index contributed by atoms with van der Waals surface area (Å²) in [6.07, 6.45) is 5.01. The minimum absolute atomic E-state index is 0.0281. The highest BCUT2D eigenvalue weighted by molar-refractivity contribution is 6.03. The Morgan fingerprint density at radius 2 is 2.14 bits per heavy atom. The zero-order chi connectivity index (χ0) is 20.5. The Hall–Kier alpha value is -2.64. The monoisotopic (exact) mass is 387 g/mol. The molecule has 0 saturated carbocycles. The van der Waals surface area contributed by atoms with Gasteiger partial charge in [-0.1, -0.05) is 0 Å². The fraction of sp³-hybridized carbons (Fsp3) is 0.600. The van der Waals surface area contributed by atoms with Crippen molar-refractivity contribution < 1.29 is 14.3 Å². The molecule has 3 rings (SSSR count). The van der Waals surface area contributed by atoms with Gasteiger partial charge < -0.3 is 19.4 Å². The first-order valence-electron chi connectivity index (χ1n) is 9.64. The zero-order valence-electron chi connectivity index (χ0n) is 17.3. The smallest absolute Gasteiger partial charge is 0.410 e. The van der Waals surface area contributed by atoms with Crippen LogP contribution in [0.4, 0.5) is 16.3 Å². The lowest BCUT2D eigenvalue weighted by Gasteiger charge is -2.38. The molecule has 28 heavy (non-hydrogen) atoms. The number of pyridine rings is 1. The number of likely N-dealkylation sites (tertiary alicyclic amines) is 1. The summed E-state index contributed by atoms with van der Waals surface area (Å²) in [7, 11) is 3.77. The van der Waals surface area contributed by atoms with Crippen molar-refractivity contribution >= 4 is 29.8 Å². The van der Waals surface area contributed by atoms with Gasteiger partial charge in [0, 0.05) is 38.9 Å². The maximum absolute atomic E-state index is 12.8. The summed E-state index contributed by atoms with van der Waals surface area (Å²) in [5.41, 5.74) is 1.16. The molecule has 2 aliphatic heterocycles. The lowest BCUT2D eigenvalue weighted by atomic mass is 10.0. The Kier molecular flexibility index (Phi) is 5.58. The quantitative estimate of drug-likeness (QED) is 0.588. The highest BCUT2D eigenvalue weighted by Crippen LogP contribution is 2.37. The molecule has 1 fully saturated rings. The van der Waals surface area contributed by atoms with Crippen molar-refractivity contribution in [2.45, 2.75) is 51.7 Å². The molecule has 0 aliphatic carbocycles. The van der Waals surface area contributed by atoms with Crippen LogP contribution in [-0.4, -0.2) is 72.0 Å². The number of fused-ring (bicyclic) bond motifs is 1. The minimum Gasteiger partial charge on any atom is -0.444 e. The average Bonchev–Trinajstić information content (AvgIpc) is 2.95. The molecule has 2 aliphatic rings. The number of ether oxygens (including phenoxy) is 1. The van der Waals surface area contributed by atoms with Crippen LogP contribution in [0.15, 0.2) is 17.3 Å². The lowest BCUT2D eigenvalue weighted by Crippen LogP contribution is -2.51. The van der Waals surface area contributed by atoms with Gasteiger partial charge in [-0.3, -0.25) is 4.79 Å². The van der Waals surface area contributed by atoms with Crippen molar-refractivity contribution in [3.05, 3.63) is 17.8 Å². The number of hydrogen-bond donors (Lipinski definition) is 0. The maximum Gasteiger partial charge on any atom is 0.410 e.